The number of hydrogen-bond acceptors (Lipinski definition) is 5. The number of hydrogen-bond donors (Lipinski definition) is 2. The molecule has 128 valence electrons. The van der Waals surface area contributed by atoms with Gasteiger partial charge in [-0.3, -0.25) is 4.79 Å². The van der Waals surface area contributed by atoms with E-state index >= 15 is 0 Å². The Kier molecular flexibility index (Phi) is 4.90. The molecule has 3 aromatic rings. The summed E-state index contributed by atoms with van der Waals surface area (Å²) in [7, 11) is 0. The van der Waals surface area contributed by atoms with Crippen LogP contribution in [0.4, 0.5) is 17.3 Å². The van der Waals surface area contributed by atoms with E-state index in [0.29, 0.717) is 17.2 Å². The summed E-state index contributed by atoms with van der Waals surface area (Å²) < 4.78 is 0. The predicted molar refractivity (Wildman–Crippen MR) is 100 cm³/mol. The molecule has 0 aliphatic rings. The average molecular weight is 343 g/mol. The van der Waals surface area contributed by atoms with E-state index in [0.717, 1.165) is 16.8 Å². The van der Waals surface area contributed by atoms with Crippen LogP contribution < -0.4 is 10.6 Å². The molecule has 1 heterocycles. The first-order chi connectivity index (χ1) is 12.6. The second kappa shape index (κ2) is 7.45. The number of rotatable bonds is 4. The number of nitrogens with one attached hydrogen (secondary N) is 2. The van der Waals surface area contributed by atoms with E-state index in [4.69, 9.17) is 5.26 Å². The van der Waals surface area contributed by atoms with Crippen molar-refractivity contribution in [3.05, 3.63) is 77.1 Å². The Bertz CT molecular complexity index is 990. The van der Waals surface area contributed by atoms with E-state index in [1.165, 1.54) is 6.20 Å². The molecule has 0 radical (unpaired) electrons. The third-order valence-electron chi connectivity index (χ3n) is 4.01. The number of amides is 1. The maximum absolute atomic E-state index is 12.4. The van der Waals surface area contributed by atoms with Gasteiger partial charge in [0.05, 0.1) is 11.6 Å². The van der Waals surface area contributed by atoms with E-state index in [1.54, 1.807) is 30.3 Å². The van der Waals surface area contributed by atoms with Crippen LogP contribution in [0.25, 0.3) is 0 Å². The van der Waals surface area contributed by atoms with Gasteiger partial charge < -0.3 is 10.6 Å². The summed E-state index contributed by atoms with van der Waals surface area (Å²) in [5.41, 5.74) is 4.53. The lowest BCUT2D eigenvalue weighted by Crippen LogP contribution is -2.14. The fraction of sp³-hybridized carbons (Fsp3) is 0.100. The molecule has 0 atom stereocenters. The number of nitrogens with zero attached hydrogens (tertiary/aromatic N) is 3. The van der Waals surface area contributed by atoms with Gasteiger partial charge in [-0.15, -0.1) is 0 Å². The van der Waals surface area contributed by atoms with Gasteiger partial charge in [0.15, 0.2) is 0 Å². The number of nitriles is 1. The van der Waals surface area contributed by atoms with Gasteiger partial charge in [-0.25, -0.2) is 9.97 Å². The van der Waals surface area contributed by atoms with Crippen molar-refractivity contribution in [2.75, 3.05) is 10.6 Å². The molecule has 0 bridgehead atoms. The summed E-state index contributed by atoms with van der Waals surface area (Å²) in [6.07, 6.45) is 1.54. The zero-order valence-electron chi connectivity index (χ0n) is 14.4. The van der Waals surface area contributed by atoms with Gasteiger partial charge in [-0.05, 0) is 61.4 Å². The smallest absolute Gasteiger partial charge is 0.274 e. The van der Waals surface area contributed by atoms with Crippen molar-refractivity contribution in [3.63, 3.8) is 0 Å². The Morgan fingerprint density at radius 1 is 1.08 bits per heavy atom. The second-order valence-corrected chi connectivity index (χ2v) is 5.78. The van der Waals surface area contributed by atoms with Gasteiger partial charge in [-0.2, -0.15) is 5.26 Å². The van der Waals surface area contributed by atoms with Crippen LogP contribution in [0.2, 0.25) is 0 Å². The maximum Gasteiger partial charge on any atom is 0.274 e. The van der Waals surface area contributed by atoms with Crippen molar-refractivity contribution in [2.24, 2.45) is 0 Å². The Labute approximate surface area is 151 Å². The molecule has 3 rings (SSSR count). The molecule has 0 fully saturated rings. The lowest BCUT2D eigenvalue weighted by atomic mass is 10.1. The van der Waals surface area contributed by atoms with E-state index in [9.17, 15) is 4.79 Å². The van der Waals surface area contributed by atoms with Gasteiger partial charge in [0, 0.05) is 17.6 Å². The molecular formula is C20H17N5O. The first-order valence-corrected chi connectivity index (χ1v) is 8.04. The van der Waals surface area contributed by atoms with Gasteiger partial charge >= 0.3 is 0 Å². The maximum atomic E-state index is 12.4. The minimum absolute atomic E-state index is 0.247. The summed E-state index contributed by atoms with van der Waals surface area (Å²) in [4.78, 5) is 20.9. The molecule has 2 aromatic carbocycles. The van der Waals surface area contributed by atoms with Crippen molar-refractivity contribution >= 4 is 23.2 Å². The highest BCUT2D eigenvalue weighted by molar-refractivity contribution is 6.03. The normalized spacial score (nSPS) is 10.0. The minimum Gasteiger partial charge on any atom is -0.324 e. The lowest BCUT2D eigenvalue weighted by molar-refractivity contribution is 0.102. The first-order valence-electron chi connectivity index (χ1n) is 8.04. The van der Waals surface area contributed by atoms with Crippen LogP contribution in [0.5, 0.6) is 0 Å². The Hall–Kier alpha value is -3.72. The van der Waals surface area contributed by atoms with Crippen molar-refractivity contribution in [2.45, 2.75) is 13.8 Å². The Balaban J connectivity index is 1.76. The monoisotopic (exact) mass is 343 g/mol. The largest absolute Gasteiger partial charge is 0.324 e. The van der Waals surface area contributed by atoms with Gasteiger partial charge in [-0.1, -0.05) is 12.1 Å². The summed E-state index contributed by atoms with van der Waals surface area (Å²) in [6, 6.07) is 16.1. The third-order valence-corrected chi connectivity index (χ3v) is 4.01. The summed E-state index contributed by atoms with van der Waals surface area (Å²) in [5.74, 6) is 0.00676. The average Bonchev–Trinajstić information content (AvgIpc) is 2.66. The second-order valence-electron chi connectivity index (χ2n) is 5.78. The van der Waals surface area contributed by atoms with Gasteiger partial charge in [0.2, 0.25) is 5.95 Å². The fourth-order valence-electron chi connectivity index (χ4n) is 2.38. The van der Waals surface area contributed by atoms with Crippen molar-refractivity contribution in [3.8, 4) is 6.07 Å². The minimum atomic E-state index is -0.346. The molecular weight excluding hydrogens is 326 g/mol. The van der Waals surface area contributed by atoms with Crippen molar-refractivity contribution < 1.29 is 4.79 Å². The topological polar surface area (TPSA) is 90.7 Å². The molecule has 1 amide bonds. The van der Waals surface area contributed by atoms with Crippen LogP contribution in [0.15, 0.2) is 54.7 Å². The molecule has 2 N–H and O–H groups in total. The van der Waals surface area contributed by atoms with Crippen LogP contribution in [0.1, 0.15) is 27.2 Å². The van der Waals surface area contributed by atoms with Gasteiger partial charge in [0.1, 0.15) is 5.69 Å². The van der Waals surface area contributed by atoms with Crippen molar-refractivity contribution in [1.29, 1.82) is 5.26 Å². The predicted octanol–water partition coefficient (Wildman–Crippen LogP) is 3.96. The molecule has 6 nitrogen and oxygen atoms in total. The zero-order chi connectivity index (χ0) is 18.5. The quantitative estimate of drug-likeness (QED) is 0.748. The molecule has 0 saturated heterocycles. The summed E-state index contributed by atoms with van der Waals surface area (Å²) in [6.45, 7) is 4.04. The summed E-state index contributed by atoms with van der Waals surface area (Å²) >= 11 is 0. The van der Waals surface area contributed by atoms with Crippen LogP contribution in [-0.2, 0) is 0 Å². The molecule has 0 aliphatic carbocycles. The molecule has 0 spiro atoms. The van der Waals surface area contributed by atoms with Crippen LogP contribution >= 0.6 is 0 Å². The van der Waals surface area contributed by atoms with Gasteiger partial charge in [0.25, 0.3) is 5.91 Å². The molecule has 0 unspecified atom stereocenters. The van der Waals surface area contributed by atoms with Crippen molar-refractivity contribution in [1.82, 2.24) is 9.97 Å². The zero-order valence-corrected chi connectivity index (χ0v) is 14.4. The highest BCUT2D eigenvalue weighted by atomic mass is 16.1. The van der Waals surface area contributed by atoms with E-state index in [-0.39, 0.29) is 11.6 Å². The number of aromatic nitrogens is 2. The molecule has 0 saturated carbocycles. The van der Waals surface area contributed by atoms with E-state index in [1.807, 2.05) is 38.1 Å². The summed E-state index contributed by atoms with van der Waals surface area (Å²) in [5, 5.41) is 14.7. The lowest BCUT2D eigenvalue weighted by Gasteiger charge is -2.11. The fourth-order valence-corrected chi connectivity index (χ4v) is 2.38. The third kappa shape index (κ3) is 3.84. The standard InChI is InChI=1S/C20H17N5O/c1-13-4-3-5-17(14(13)2)24-20-22-11-10-18(25-20)19(26)23-16-8-6-15(12-21)7-9-16/h3-11H,1-2H3,(H,23,26)(H,22,24,25). The number of aryl methyl sites for hydroxylation is 1. The van der Waals surface area contributed by atoms with Crippen LogP contribution in [0, 0.1) is 25.2 Å². The SMILES string of the molecule is Cc1cccc(Nc2nccc(C(=O)Nc3ccc(C#N)cc3)n2)c1C. The number of anilines is 3. The molecule has 0 aliphatic heterocycles. The van der Waals surface area contributed by atoms with Crippen LogP contribution in [-0.4, -0.2) is 15.9 Å². The Morgan fingerprint density at radius 2 is 1.85 bits per heavy atom. The van der Waals surface area contributed by atoms with Crippen LogP contribution in [0.3, 0.4) is 0 Å². The molecule has 26 heavy (non-hydrogen) atoms. The van der Waals surface area contributed by atoms with E-state index in [2.05, 4.69) is 20.6 Å². The number of carbonyl (C=O) groups excluding carboxylic acids is 1. The Morgan fingerprint density at radius 3 is 2.58 bits per heavy atom. The van der Waals surface area contributed by atoms with E-state index < -0.39 is 0 Å². The molecule has 1 aromatic heterocycles. The molecule has 6 heteroatoms. The highest BCUT2D eigenvalue weighted by Gasteiger charge is 2.10. The highest BCUT2D eigenvalue weighted by Crippen LogP contribution is 2.21. The number of benzene rings is 2. The number of carbonyl (C=O) groups is 1. The first kappa shape index (κ1) is 17.1.